The molecule has 0 atom stereocenters. The Hall–Kier alpha value is -2.42. The van der Waals surface area contributed by atoms with Crippen molar-refractivity contribution in [3.8, 4) is 20.9 Å². The Labute approximate surface area is 205 Å². The topological polar surface area (TPSA) is 0 Å². The van der Waals surface area contributed by atoms with Gasteiger partial charge in [0.1, 0.15) is 0 Å². The number of unbranched alkanes of at least 4 members (excludes halogenated alkanes) is 3. The van der Waals surface area contributed by atoms with E-state index in [1.807, 2.05) is 22.7 Å². The molecule has 168 valence electrons. The van der Waals surface area contributed by atoms with E-state index in [2.05, 4.69) is 88.4 Å². The third kappa shape index (κ3) is 4.65. The van der Waals surface area contributed by atoms with E-state index in [4.69, 9.17) is 0 Å². The molecule has 5 aromatic rings. The Morgan fingerprint density at radius 2 is 1.15 bits per heavy atom. The number of fused-ring (bicyclic) bond motifs is 2. The first-order chi connectivity index (χ1) is 16.0. The van der Waals surface area contributed by atoms with Gasteiger partial charge in [-0.3, -0.25) is 0 Å². The van der Waals surface area contributed by atoms with Crippen LogP contribution in [0.1, 0.15) is 53.5 Å². The number of benzene rings is 3. The summed E-state index contributed by atoms with van der Waals surface area (Å²) in [7, 11) is 0. The van der Waals surface area contributed by atoms with Crippen LogP contribution in [0.4, 0.5) is 0 Å². The third-order valence-corrected chi connectivity index (χ3v) is 8.90. The van der Waals surface area contributed by atoms with Gasteiger partial charge in [0.15, 0.2) is 0 Å². The van der Waals surface area contributed by atoms with Crippen LogP contribution in [0.15, 0.2) is 60.7 Å². The van der Waals surface area contributed by atoms with Crippen LogP contribution in [0, 0.1) is 20.8 Å². The monoisotopic (exact) mass is 468 g/mol. The van der Waals surface area contributed by atoms with Gasteiger partial charge in [0.25, 0.3) is 0 Å². The molecule has 0 aliphatic carbocycles. The van der Waals surface area contributed by atoms with Gasteiger partial charge in [0.05, 0.1) is 0 Å². The van der Waals surface area contributed by atoms with E-state index in [0.717, 1.165) is 0 Å². The molecule has 0 amide bonds. The molecule has 0 aliphatic rings. The fourth-order valence-electron chi connectivity index (χ4n) is 4.82. The molecule has 0 spiro atoms. The lowest BCUT2D eigenvalue weighted by Gasteiger charge is -2.11. The Kier molecular flexibility index (Phi) is 6.40. The summed E-state index contributed by atoms with van der Waals surface area (Å²) in [6, 6.07) is 23.4. The molecule has 0 unspecified atom stereocenters. The van der Waals surface area contributed by atoms with E-state index in [0.29, 0.717) is 0 Å². The van der Waals surface area contributed by atoms with Crippen molar-refractivity contribution in [2.45, 2.75) is 59.8 Å². The zero-order valence-corrected chi connectivity index (χ0v) is 21.8. The van der Waals surface area contributed by atoms with Crippen LogP contribution in [-0.2, 0) is 6.42 Å². The smallest absolute Gasteiger partial charge is 0.0348 e. The highest BCUT2D eigenvalue weighted by molar-refractivity contribution is 7.15. The van der Waals surface area contributed by atoms with Gasteiger partial charge in [-0.15, -0.1) is 22.7 Å². The molecule has 0 fully saturated rings. The first-order valence-corrected chi connectivity index (χ1v) is 13.8. The third-order valence-electron chi connectivity index (χ3n) is 6.69. The summed E-state index contributed by atoms with van der Waals surface area (Å²) >= 11 is 3.85. The Balaban J connectivity index is 1.51. The van der Waals surface area contributed by atoms with Gasteiger partial charge >= 0.3 is 0 Å². The fraction of sp³-hybridized carbons (Fsp3) is 0.290. The number of hydrogen-bond donors (Lipinski definition) is 0. The summed E-state index contributed by atoms with van der Waals surface area (Å²) in [5, 5.41) is 5.32. The average Bonchev–Trinajstić information content (AvgIpc) is 3.44. The Morgan fingerprint density at radius 3 is 1.73 bits per heavy atom. The number of rotatable bonds is 7. The summed E-state index contributed by atoms with van der Waals surface area (Å²) in [4.78, 5) is 5.65. The van der Waals surface area contributed by atoms with E-state index >= 15 is 0 Å². The van der Waals surface area contributed by atoms with Gasteiger partial charge < -0.3 is 0 Å². The van der Waals surface area contributed by atoms with Gasteiger partial charge in [0, 0.05) is 19.5 Å². The molecule has 0 aliphatic heterocycles. The summed E-state index contributed by atoms with van der Waals surface area (Å²) in [6.45, 7) is 8.96. The minimum Gasteiger partial charge on any atom is -0.141 e. The zero-order chi connectivity index (χ0) is 22.9. The second kappa shape index (κ2) is 9.44. The van der Waals surface area contributed by atoms with E-state index < -0.39 is 0 Å². The highest BCUT2D eigenvalue weighted by Gasteiger charge is 2.11. The first-order valence-electron chi connectivity index (χ1n) is 12.2. The van der Waals surface area contributed by atoms with Crippen molar-refractivity contribution >= 4 is 44.2 Å². The molecule has 0 N–H and O–H groups in total. The molecule has 0 bridgehead atoms. The second-order valence-corrected chi connectivity index (χ2v) is 11.8. The van der Waals surface area contributed by atoms with Crippen molar-refractivity contribution in [1.29, 1.82) is 0 Å². The summed E-state index contributed by atoms with van der Waals surface area (Å²) in [6.07, 6.45) is 6.52. The molecular weight excluding hydrogens is 436 g/mol. The maximum absolute atomic E-state index is 2.41. The molecule has 0 radical (unpaired) electrons. The number of hydrogen-bond acceptors (Lipinski definition) is 2. The Bertz CT molecular complexity index is 1430. The zero-order valence-electron chi connectivity index (χ0n) is 20.1. The van der Waals surface area contributed by atoms with Crippen molar-refractivity contribution < 1.29 is 0 Å². The number of thiophene rings is 2. The van der Waals surface area contributed by atoms with Gasteiger partial charge in [-0.05, 0) is 126 Å². The van der Waals surface area contributed by atoms with Crippen LogP contribution < -0.4 is 0 Å². The summed E-state index contributed by atoms with van der Waals surface area (Å²) in [5.74, 6) is 0. The molecule has 2 heteroatoms. The van der Waals surface area contributed by atoms with Crippen LogP contribution in [0.3, 0.4) is 0 Å². The molecule has 3 aromatic carbocycles. The van der Waals surface area contributed by atoms with Gasteiger partial charge in [-0.25, -0.2) is 0 Å². The van der Waals surface area contributed by atoms with Crippen molar-refractivity contribution in [2.75, 3.05) is 0 Å². The van der Waals surface area contributed by atoms with Crippen molar-refractivity contribution in [2.24, 2.45) is 0 Å². The molecule has 33 heavy (non-hydrogen) atoms. The van der Waals surface area contributed by atoms with Gasteiger partial charge in [-0.1, -0.05) is 38.3 Å². The van der Waals surface area contributed by atoms with E-state index in [1.54, 1.807) is 0 Å². The van der Waals surface area contributed by atoms with Crippen molar-refractivity contribution in [3.63, 3.8) is 0 Å². The van der Waals surface area contributed by atoms with Gasteiger partial charge in [-0.2, -0.15) is 0 Å². The van der Waals surface area contributed by atoms with Crippen LogP contribution in [0.2, 0.25) is 0 Å². The second-order valence-electron chi connectivity index (χ2n) is 9.37. The predicted octanol–water partition coefficient (Wildman–Crippen LogP) is 10.5. The lowest BCUT2D eigenvalue weighted by atomic mass is 9.95. The molecular formula is C31H32S2. The van der Waals surface area contributed by atoms with E-state index in [1.165, 1.54) is 95.4 Å². The maximum atomic E-state index is 2.41. The van der Waals surface area contributed by atoms with Crippen molar-refractivity contribution in [3.05, 3.63) is 81.5 Å². The molecule has 0 saturated carbocycles. The van der Waals surface area contributed by atoms with Crippen LogP contribution in [0.25, 0.3) is 42.4 Å². The predicted molar refractivity (Wildman–Crippen MR) is 150 cm³/mol. The van der Waals surface area contributed by atoms with Crippen LogP contribution in [-0.4, -0.2) is 0 Å². The van der Waals surface area contributed by atoms with Gasteiger partial charge in [0.2, 0.25) is 0 Å². The van der Waals surface area contributed by atoms with Crippen LogP contribution >= 0.6 is 22.7 Å². The lowest BCUT2D eigenvalue weighted by Crippen LogP contribution is -1.86. The first kappa shape index (κ1) is 22.4. The minimum atomic E-state index is 1.22. The minimum absolute atomic E-state index is 1.22. The molecule has 5 rings (SSSR count). The molecule has 2 aromatic heterocycles. The lowest BCUT2D eigenvalue weighted by molar-refractivity contribution is 0.670. The standard InChI is InChI=1S/C31H32S2/c1-5-6-7-8-9-27-11-13-31(33-27)29-19-26-17-23-14-20(2)28(30-12-10-22(4)32-30)18-25(23)16-24(26)15-21(29)3/h10-19H,5-9H2,1-4H3. The largest absolute Gasteiger partial charge is 0.141 e. The summed E-state index contributed by atoms with van der Waals surface area (Å²) < 4.78 is 0. The molecule has 0 saturated heterocycles. The van der Waals surface area contributed by atoms with E-state index in [9.17, 15) is 0 Å². The SMILES string of the molecule is CCCCCCc1ccc(-c2cc3cc4cc(C)c(-c5ccc(C)s5)cc4cc3cc2C)s1. The normalized spacial score (nSPS) is 11.6. The quantitative estimate of drug-likeness (QED) is 0.165. The fourth-order valence-corrected chi connectivity index (χ4v) is 6.90. The molecule has 2 heterocycles. The molecule has 0 nitrogen and oxygen atoms in total. The highest BCUT2D eigenvalue weighted by Crippen LogP contribution is 2.37. The van der Waals surface area contributed by atoms with E-state index in [-0.39, 0.29) is 0 Å². The highest BCUT2D eigenvalue weighted by atomic mass is 32.1. The summed E-state index contributed by atoms with van der Waals surface area (Å²) in [5.41, 5.74) is 5.46. The Morgan fingerprint density at radius 1 is 0.576 bits per heavy atom. The van der Waals surface area contributed by atoms with Crippen LogP contribution in [0.5, 0.6) is 0 Å². The maximum Gasteiger partial charge on any atom is 0.0348 e. The van der Waals surface area contributed by atoms with Crippen molar-refractivity contribution in [1.82, 2.24) is 0 Å². The average molecular weight is 469 g/mol. The number of aryl methyl sites for hydroxylation is 4.